The minimum Gasteiger partial charge on any atom is -0.343 e. The van der Waals surface area contributed by atoms with Crippen molar-refractivity contribution < 1.29 is 4.79 Å². The molecule has 1 aromatic heterocycles. The van der Waals surface area contributed by atoms with Crippen LogP contribution in [0.25, 0.3) is 0 Å². The van der Waals surface area contributed by atoms with Gasteiger partial charge in [0, 0.05) is 44.9 Å². The maximum absolute atomic E-state index is 12.6. The van der Waals surface area contributed by atoms with Gasteiger partial charge in [-0.15, -0.1) is 0 Å². The molecule has 1 spiro atoms. The summed E-state index contributed by atoms with van der Waals surface area (Å²) >= 11 is 0. The molecule has 0 bridgehead atoms. The van der Waals surface area contributed by atoms with Crippen LogP contribution in [0.4, 0.5) is 0 Å². The molecule has 0 aromatic carbocycles. The second kappa shape index (κ2) is 7.47. The lowest BCUT2D eigenvalue weighted by Gasteiger charge is -2.37. The van der Waals surface area contributed by atoms with Crippen molar-refractivity contribution in [2.45, 2.75) is 58.4 Å². The number of aromatic nitrogens is 2. The second-order valence-corrected chi connectivity index (χ2v) is 7.12. The molecule has 1 N–H and O–H groups in total. The Bertz CT molecular complexity index is 519. The summed E-state index contributed by atoms with van der Waals surface area (Å²) in [6.45, 7) is 7.05. The van der Waals surface area contributed by atoms with Crippen LogP contribution < -0.4 is 5.32 Å². The summed E-state index contributed by atoms with van der Waals surface area (Å²) in [6.07, 6.45) is 11.5. The topological polar surface area (TPSA) is 50.2 Å². The van der Waals surface area contributed by atoms with Crippen LogP contribution in [0.2, 0.25) is 0 Å². The summed E-state index contributed by atoms with van der Waals surface area (Å²) in [5, 5.41) is 3.47. The van der Waals surface area contributed by atoms with Crippen molar-refractivity contribution in [3.05, 3.63) is 18.2 Å². The highest BCUT2D eigenvalue weighted by atomic mass is 16.2. The first-order valence-electron chi connectivity index (χ1n) is 9.21. The summed E-state index contributed by atoms with van der Waals surface area (Å²) in [4.78, 5) is 19.0. The van der Waals surface area contributed by atoms with E-state index in [1.165, 1.54) is 25.7 Å². The van der Waals surface area contributed by atoms with E-state index in [-0.39, 0.29) is 0 Å². The lowest BCUT2D eigenvalue weighted by molar-refractivity contribution is -0.131. The van der Waals surface area contributed by atoms with Crippen molar-refractivity contribution in [2.75, 3.05) is 26.2 Å². The second-order valence-electron chi connectivity index (χ2n) is 7.12. The van der Waals surface area contributed by atoms with E-state index < -0.39 is 0 Å². The average molecular weight is 318 g/mol. The lowest BCUT2D eigenvalue weighted by Crippen LogP contribution is -2.38. The highest BCUT2D eigenvalue weighted by Crippen LogP contribution is 2.39. The van der Waals surface area contributed by atoms with E-state index in [9.17, 15) is 4.79 Å². The van der Waals surface area contributed by atoms with Crippen LogP contribution in [0.15, 0.2) is 12.4 Å². The standard InChI is InChI=1S/C18H30N4O/c1-2-16-20-11-15-21(16)13-4-17(23)22-12-3-5-18(8-14-22)6-9-19-10-7-18/h11,15,19H,2-10,12-14H2,1H3. The third kappa shape index (κ3) is 3.94. The smallest absolute Gasteiger partial charge is 0.224 e. The zero-order valence-corrected chi connectivity index (χ0v) is 14.4. The lowest BCUT2D eigenvalue weighted by atomic mass is 9.73. The zero-order valence-electron chi connectivity index (χ0n) is 14.4. The molecule has 128 valence electrons. The highest BCUT2D eigenvalue weighted by Gasteiger charge is 2.34. The van der Waals surface area contributed by atoms with Crippen LogP contribution in [-0.4, -0.2) is 46.5 Å². The average Bonchev–Trinajstić information content (AvgIpc) is 2.95. The summed E-state index contributed by atoms with van der Waals surface area (Å²) in [6, 6.07) is 0. The number of amides is 1. The molecule has 0 unspecified atom stereocenters. The van der Waals surface area contributed by atoms with Gasteiger partial charge >= 0.3 is 0 Å². The third-order valence-electron chi connectivity index (χ3n) is 5.75. The molecule has 1 aromatic rings. The number of piperidine rings is 1. The number of carbonyl (C=O) groups is 1. The SMILES string of the molecule is CCc1nccn1CCC(=O)N1CCCC2(CCNCC2)CC1. The minimum atomic E-state index is 0.312. The maximum Gasteiger partial charge on any atom is 0.224 e. The first kappa shape index (κ1) is 16.5. The van der Waals surface area contributed by atoms with E-state index in [1.54, 1.807) is 0 Å². The molecular weight excluding hydrogens is 288 g/mol. The van der Waals surface area contributed by atoms with Gasteiger partial charge < -0.3 is 14.8 Å². The van der Waals surface area contributed by atoms with Crippen molar-refractivity contribution >= 4 is 5.91 Å². The van der Waals surface area contributed by atoms with Crippen LogP contribution >= 0.6 is 0 Å². The van der Waals surface area contributed by atoms with Gasteiger partial charge in [0.05, 0.1) is 0 Å². The van der Waals surface area contributed by atoms with Crippen LogP contribution in [0.5, 0.6) is 0 Å². The van der Waals surface area contributed by atoms with E-state index >= 15 is 0 Å². The molecule has 2 aliphatic rings. The quantitative estimate of drug-likeness (QED) is 0.926. The van der Waals surface area contributed by atoms with Gasteiger partial charge in [-0.1, -0.05) is 6.92 Å². The number of carbonyl (C=O) groups excluding carboxylic acids is 1. The normalized spacial score (nSPS) is 21.3. The number of nitrogens with zero attached hydrogens (tertiary/aromatic N) is 3. The first-order chi connectivity index (χ1) is 11.2. The van der Waals surface area contributed by atoms with E-state index in [4.69, 9.17) is 0 Å². The van der Waals surface area contributed by atoms with Crippen LogP contribution in [0.3, 0.4) is 0 Å². The Hall–Kier alpha value is -1.36. The Balaban J connectivity index is 1.52. The molecule has 2 saturated heterocycles. The summed E-state index contributed by atoms with van der Waals surface area (Å²) in [5.41, 5.74) is 0.500. The van der Waals surface area contributed by atoms with Gasteiger partial charge in [0.1, 0.15) is 5.82 Å². The Morgan fingerprint density at radius 2 is 2.09 bits per heavy atom. The van der Waals surface area contributed by atoms with Gasteiger partial charge in [-0.25, -0.2) is 4.98 Å². The van der Waals surface area contributed by atoms with Crippen molar-refractivity contribution in [1.29, 1.82) is 0 Å². The molecule has 23 heavy (non-hydrogen) atoms. The van der Waals surface area contributed by atoms with Gasteiger partial charge in [-0.05, 0) is 50.6 Å². The Labute approximate surface area is 139 Å². The monoisotopic (exact) mass is 318 g/mol. The molecule has 3 heterocycles. The molecule has 5 nitrogen and oxygen atoms in total. The fraction of sp³-hybridized carbons (Fsp3) is 0.778. The Morgan fingerprint density at radius 1 is 1.26 bits per heavy atom. The van der Waals surface area contributed by atoms with E-state index in [1.807, 2.05) is 12.4 Å². The number of likely N-dealkylation sites (tertiary alicyclic amines) is 1. The van der Waals surface area contributed by atoms with Gasteiger partial charge in [0.2, 0.25) is 5.91 Å². The molecule has 2 aliphatic heterocycles. The fourth-order valence-electron chi connectivity index (χ4n) is 4.19. The highest BCUT2D eigenvalue weighted by molar-refractivity contribution is 5.76. The number of hydrogen-bond acceptors (Lipinski definition) is 3. The third-order valence-corrected chi connectivity index (χ3v) is 5.75. The van der Waals surface area contributed by atoms with E-state index in [2.05, 4.69) is 26.7 Å². The zero-order chi connectivity index (χ0) is 16.1. The van der Waals surface area contributed by atoms with E-state index in [0.29, 0.717) is 17.7 Å². The van der Waals surface area contributed by atoms with Gasteiger partial charge in [0.15, 0.2) is 0 Å². The number of hydrogen-bond donors (Lipinski definition) is 1. The fourth-order valence-corrected chi connectivity index (χ4v) is 4.19. The van der Waals surface area contributed by atoms with E-state index in [0.717, 1.165) is 51.4 Å². The maximum atomic E-state index is 12.6. The van der Waals surface area contributed by atoms with Crippen LogP contribution in [0, 0.1) is 5.41 Å². The van der Waals surface area contributed by atoms with Crippen molar-refractivity contribution in [1.82, 2.24) is 19.8 Å². The molecule has 2 fully saturated rings. The van der Waals surface area contributed by atoms with Gasteiger partial charge in [-0.2, -0.15) is 0 Å². The van der Waals surface area contributed by atoms with Crippen molar-refractivity contribution in [3.8, 4) is 0 Å². The van der Waals surface area contributed by atoms with Crippen LogP contribution in [0.1, 0.15) is 51.3 Å². The van der Waals surface area contributed by atoms with Crippen molar-refractivity contribution in [2.24, 2.45) is 5.41 Å². The predicted molar refractivity (Wildman–Crippen MR) is 91.2 cm³/mol. The van der Waals surface area contributed by atoms with Crippen LogP contribution in [-0.2, 0) is 17.8 Å². The minimum absolute atomic E-state index is 0.312. The number of aryl methyl sites for hydroxylation is 2. The molecule has 0 aliphatic carbocycles. The largest absolute Gasteiger partial charge is 0.343 e. The van der Waals surface area contributed by atoms with Crippen molar-refractivity contribution in [3.63, 3.8) is 0 Å². The molecule has 5 heteroatoms. The molecule has 3 rings (SSSR count). The molecular formula is C18H30N4O. The molecule has 0 radical (unpaired) electrons. The van der Waals surface area contributed by atoms with Gasteiger partial charge in [0.25, 0.3) is 0 Å². The number of rotatable bonds is 4. The number of imidazole rings is 1. The Morgan fingerprint density at radius 3 is 2.87 bits per heavy atom. The molecule has 1 amide bonds. The summed E-state index contributed by atoms with van der Waals surface area (Å²) in [7, 11) is 0. The van der Waals surface area contributed by atoms with Gasteiger partial charge in [-0.3, -0.25) is 4.79 Å². The Kier molecular flexibility index (Phi) is 5.36. The predicted octanol–water partition coefficient (Wildman–Crippen LogP) is 2.22. The summed E-state index contributed by atoms with van der Waals surface area (Å²) < 4.78 is 2.12. The summed E-state index contributed by atoms with van der Waals surface area (Å²) in [5.74, 6) is 1.38. The molecule has 0 saturated carbocycles. The molecule has 0 atom stereocenters. The number of nitrogens with one attached hydrogen (secondary N) is 1. The first-order valence-corrected chi connectivity index (χ1v) is 9.21.